The highest BCUT2D eigenvalue weighted by Gasteiger charge is 2.27. The predicted octanol–water partition coefficient (Wildman–Crippen LogP) is -0.202. The van der Waals surface area contributed by atoms with E-state index >= 15 is 0 Å². The molecule has 76 valence electrons. The summed E-state index contributed by atoms with van der Waals surface area (Å²) in [5, 5.41) is 2.95. The summed E-state index contributed by atoms with van der Waals surface area (Å²) in [6, 6.07) is 0. The molecule has 0 aromatic rings. The van der Waals surface area contributed by atoms with Crippen LogP contribution in [0.5, 0.6) is 0 Å². The van der Waals surface area contributed by atoms with Crippen molar-refractivity contribution in [2.24, 2.45) is 0 Å². The minimum absolute atomic E-state index is 0.292. The maximum atomic E-state index is 11.4. The van der Waals surface area contributed by atoms with Crippen molar-refractivity contribution >= 4 is 10.0 Å². The third-order valence-corrected chi connectivity index (χ3v) is 3.93. The molecular weight excluding hydrogens is 188 g/mol. The van der Waals surface area contributed by atoms with Crippen LogP contribution in [0.15, 0.2) is 12.2 Å². The second kappa shape index (κ2) is 4.21. The molecule has 0 radical (unpaired) electrons. The van der Waals surface area contributed by atoms with Gasteiger partial charge in [-0.3, -0.25) is 0 Å². The molecule has 5 heteroatoms. The molecule has 1 rings (SSSR count). The molecule has 1 aliphatic rings. The largest absolute Gasteiger partial charge is 0.316 e. The van der Waals surface area contributed by atoms with E-state index in [1.165, 1.54) is 4.31 Å². The zero-order valence-electron chi connectivity index (χ0n) is 7.91. The van der Waals surface area contributed by atoms with Gasteiger partial charge in [-0.2, -0.15) is 4.31 Å². The number of sulfonamides is 1. The summed E-state index contributed by atoms with van der Waals surface area (Å²) in [7, 11) is -1.13. The minimum atomic E-state index is -2.96. The van der Waals surface area contributed by atoms with E-state index in [-0.39, 0.29) is 0 Å². The number of nitrogens with one attached hydrogen (secondary N) is 1. The first-order valence-electron chi connectivity index (χ1n) is 4.35. The van der Waals surface area contributed by atoms with E-state index in [1.54, 1.807) is 0 Å². The summed E-state index contributed by atoms with van der Waals surface area (Å²) < 4.78 is 24.2. The topological polar surface area (TPSA) is 49.4 Å². The van der Waals surface area contributed by atoms with Crippen LogP contribution in [0.2, 0.25) is 0 Å². The van der Waals surface area contributed by atoms with E-state index in [2.05, 4.69) is 11.9 Å². The van der Waals surface area contributed by atoms with Gasteiger partial charge in [0.2, 0.25) is 10.0 Å². The third-order valence-electron chi connectivity index (χ3n) is 2.03. The monoisotopic (exact) mass is 204 g/mol. The summed E-state index contributed by atoms with van der Waals surface area (Å²) in [5.74, 6) is 0.292. The Morgan fingerprint density at radius 3 is 2.77 bits per heavy atom. The summed E-state index contributed by atoms with van der Waals surface area (Å²) in [5.41, 5.74) is 0.910. The van der Waals surface area contributed by atoms with Gasteiger partial charge in [-0.15, -0.1) is 0 Å². The summed E-state index contributed by atoms with van der Waals surface area (Å²) in [6.07, 6.45) is 0.745. The molecule has 0 bridgehead atoms. The molecule has 0 aliphatic carbocycles. The summed E-state index contributed by atoms with van der Waals surface area (Å²) in [4.78, 5) is 0. The van der Waals surface area contributed by atoms with Gasteiger partial charge in [0.25, 0.3) is 0 Å². The second-order valence-electron chi connectivity index (χ2n) is 3.28. The maximum Gasteiger partial charge on any atom is 0.214 e. The molecule has 0 saturated carbocycles. The Hall–Kier alpha value is -0.390. The van der Waals surface area contributed by atoms with Crippen LogP contribution in [0.4, 0.5) is 0 Å². The van der Waals surface area contributed by atoms with Crippen LogP contribution in [0.25, 0.3) is 0 Å². The van der Waals surface area contributed by atoms with Crippen LogP contribution in [-0.2, 0) is 10.0 Å². The fourth-order valence-electron chi connectivity index (χ4n) is 1.42. The minimum Gasteiger partial charge on any atom is -0.316 e. The van der Waals surface area contributed by atoms with Crippen molar-refractivity contribution in [1.29, 1.82) is 0 Å². The van der Waals surface area contributed by atoms with Crippen LogP contribution < -0.4 is 5.32 Å². The number of rotatable bonds is 4. The Morgan fingerprint density at radius 1 is 1.62 bits per heavy atom. The average molecular weight is 204 g/mol. The summed E-state index contributed by atoms with van der Waals surface area (Å²) >= 11 is 0. The SMILES string of the molecule is C=C(CNC)CN1CCCS1(=O)=O. The Labute approximate surface area is 79.7 Å². The normalized spacial score (nSPS) is 21.9. The van der Waals surface area contributed by atoms with Gasteiger partial charge in [0.15, 0.2) is 0 Å². The summed E-state index contributed by atoms with van der Waals surface area (Å²) in [6.45, 7) is 5.58. The van der Waals surface area contributed by atoms with Gasteiger partial charge >= 0.3 is 0 Å². The van der Waals surface area contributed by atoms with Crippen LogP contribution in [0.1, 0.15) is 6.42 Å². The van der Waals surface area contributed by atoms with E-state index in [9.17, 15) is 8.42 Å². The van der Waals surface area contributed by atoms with Crippen molar-refractivity contribution in [2.75, 3.05) is 32.4 Å². The van der Waals surface area contributed by atoms with Crippen LogP contribution >= 0.6 is 0 Å². The highest BCUT2D eigenvalue weighted by molar-refractivity contribution is 7.89. The maximum absolute atomic E-state index is 11.4. The van der Waals surface area contributed by atoms with E-state index in [0.717, 1.165) is 12.0 Å². The first-order chi connectivity index (χ1) is 6.06. The Morgan fingerprint density at radius 2 is 2.31 bits per heavy atom. The number of hydrogen-bond acceptors (Lipinski definition) is 3. The molecule has 13 heavy (non-hydrogen) atoms. The smallest absolute Gasteiger partial charge is 0.214 e. The average Bonchev–Trinajstić information content (AvgIpc) is 2.31. The van der Waals surface area contributed by atoms with Gasteiger partial charge in [0.05, 0.1) is 5.75 Å². The molecule has 4 nitrogen and oxygen atoms in total. The lowest BCUT2D eigenvalue weighted by Crippen LogP contribution is -2.29. The highest BCUT2D eigenvalue weighted by Crippen LogP contribution is 2.14. The van der Waals surface area contributed by atoms with Crippen molar-refractivity contribution in [3.05, 3.63) is 12.2 Å². The van der Waals surface area contributed by atoms with Gasteiger partial charge < -0.3 is 5.32 Å². The van der Waals surface area contributed by atoms with Gasteiger partial charge in [-0.25, -0.2) is 8.42 Å². The van der Waals surface area contributed by atoms with Gasteiger partial charge in [-0.1, -0.05) is 6.58 Å². The third kappa shape index (κ3) is 2.79. The molecule has 1 N–H and O–H groups in total. The molecular formula is C8H16N2O2S. The quantitative estimate of drug-likeness (QED) is 0.645. The van der Waals surface area contributed by atoms with Gasteiger partial charge in [0.1, 0.15) is 0 Å². The van der Waals surface area contributed by atoms with Crippen molar-refractivity contribution < 1.29 is 8.42 Å². The molecule has 1 aliphatic heterocycles. The number of hydrogen-bond donors (Lipinski definition) is 1. The molecule has 0 unspecified atom stereocenters. The lowest BCUT2D eigenvalue weighted by atomic mass is 10.3. The fourth-order valence-corrected chi connectivity index (χ4v) is 2.96. The lowest BCUT2D eigenvalue weighted by Gasteiger charge is -2.15. The first-order valence-corrected chi connectivity index (χ1v) is 5.96. The Balaban J connectivity index is 2.50. The molecule has 0 aromatic heterocycles. The Bertz CT molecular complexity index is 285. The molecule has 0 atom stereocenters. The van der Waals surface area contributed by atoms with E-state index in [4.69, 9.17) is 0 Å². The molecule has 1 saturated heterocycles. The zero-order valence-corrected chi connectivity index (χ0v) is 8.73. The van der Waals surface area contributed by atoms with Crippen LogP contribution in [0.3, 0.4) is 0 Å². The Kier molecular flexibility index (Phi) is 3.47. The molecule has 0 aromatic carbocycles. The van der Waals surface area contributed by atoms with Crippen molar-refractivity contribution in [1.82, 2.24) is 9.62 Å². The predicted molar refractivity (Wildman–Crippen MR) is 53.0 cm³/mol. The van der Waals surface area contributed by atoms with E-state index in [1.807, 2.05) is 7.05 Å². The van der Waals surface area contributed by atoms with Crippen molar-refractivity contribution in [3.8, 4) is 0 Å². The lowest BCUT2D eigenvalue weighted by molar-refractivity contribution is 0.467. The standard InChI is InChI=1S/C8H16N2O2S/c1-8(6-9-2)7-10-4-3-5-13(10,11)12/h9H,1,3-7H2,2H3. The molecule has 0 spiro atoms. The van der Waals surface area contributed by atoms with Crippen LogP contribution in [-0.4, -0.2) is 45.2 Å². The first kappa shape index (κ1) is 10.7. The molecule has 1 heterocycles. The number of nitrogens with zero attached hydrogens (tertiary/aromatic N) is 1. The van der Waals surface area contributed by atoms with Gasteiger partial charge in [0, 0.05) is 19.6 Å². The zero-order chi connectivity index (χ0) is 9.90. The molecule has 1 fully saturated rings. The van der Waals surface area contributed by atoms with Crippen molar-refractivity contribution in [2.45, 2.75) is 6.42 Å². The van der Waals surface area contributed by atoms with Crippen molar-refractivity contribution in [3.63, 3.8) is 0 Å². The molecule has 0 amide bonds. The highest BCUT2D eigenvalue weighted by atomic mass is 32.2. The number of likely N-dealkylation sites (N-methyl/N-ethyl adjacent to an activating group) is 1. The van der Waals surface area contributed by atoms with E-state index < -0.39 is 10.0 Å². The van der Waals surface area contributed by atoms with E-state index in [0.29, 0.717) is 25.4 Å². The van der Waals surface area contributed by atoms with Crippen LogP contribution in [0, 0.1) is 0 Å². The second-order valence-corrected chi connectivity index (χ2v) is 5.37. The fraction of sp³-hybridized carbons (Fsp3) is 0.750. The van der Waals surface area contributed by atoms with Gasteiger partial charge in [-0.05, 0) is 19.0 Å².